The van der Waals surface area contributed by atoms with E-state index in [9.17, 15) is 8.60 Å². The van der Waals surface area contributed by atoms with Crippen LogP contribution in [0.3, 0.4) is 0 Å². The van der Waals surface area contributed by atoms with Crippen LogP contribution in [0.1, 0.15) is 6.42 Å². The molecule has 0 bridgehead atoms. The molecule has 0 saturated heterocycles. The molecule has 2 rings (SSSR count). The van der Waals surface area contributed by atoms with Crippen LogP contribution in [0, 0.1) is 5.82 Å². The van der Waals surface area contributed by atoms with Crippen LogP contribution < -0.4 is 10.5 Å². The van der Waals surface area contributed by atoms with Gasteiger partial charge in [-0.2, -0.15) is 0 Å². The Morgan fingerprint density at radius 1 is 1.15 bits per heavy atom. The molecule has 5 heteroatoms. The number of halogens is 1. The zero-order chi connectivity index (χ0) is 14.4. The van der Waals surface area contributed by atoms with Gasteiger partial charge in [-0.05, 0) is 36.8 Å². The molecule has 0 aliphatic carbocycles. The highest BCUT2D eigenvalue weighted by Gasteiger charge is 2.08. The molecule has 2 aromatic rings. The van der Waals surface area contributed by atoms with Gasteiger partial charge in [-0.3, -0.25) is 4.21 Å². The number of para-hydroxylation sites is 1. The van der Waals surface area contributed by atoms with Gasteiger partial charge in [0.25, 0.3) is 0 Å². The average Bonchev–Trinajstić information content (AvgIpc) is 2.44. The Labute approximate surface area is 120 Å². The van der Waals surface area contributed by atoms with E-state index in [1.165, 1.54) is 18.2 Å². The Morgan fingerprint density at radius 3 is 2.60 bits per heavy atom. The zero-order valence-electron chi connectivity index (χ0n) is 10.9. The molecule has 106 valence electrons. The summed E-state index contributed by atoms with van der Waals surface area (Å²) in [5.41, 5.74) is 5.88. The molecule has 0 spiro atoms. The van der Waals surface area contributed by atoms with Crippen LogP contribution in [0.4, 0.5) is 10.1 Å². The summed E-state index contributed by atoms with van der Waals surface area (Å²) in [5, 5.41) is 0. The van der Waals surface area contributed by atoms with Crippen molar-refractivity contribution >= 4 is 16.5 Å². The first-order valence-electron chi connectivity index (χ1n) is 6.28. The predicted molar refractivity (Wildman–Crippen MR) is 78.6 cm³/mol. The molecule has 0 aliphatic rings. The molecule has 0 amide bonds. The summed E-state index contributed by atoms with van der Waals surface area (Å²) < 4.78 is 30.5. The fraction of sp³-hybridized carbons (Fsp3) is 0.200. The summed E-state index contributed by atoms with van der Waals surface area (Å²) in [5.74, 6) is 0.804. The maximum Gasteiger partial charge on any atom is 0.125 e. The van der Waals surface area contributed by atoms with Crippen LogP contribution in [-0.4, -0.2) is 16.6 Å². The summed E-state index contributed by atoms with van der Waals surface area (Å²) in [6.07, 6.45) is 0.637. The minimum Gasteiger partial charge on any atom is -0.494 e. The molecule has 1 unspecified atom stereocenters. The molecular weight excluding hydrogens is 277 g/mol. The largest absolute Gasteiger partial charge is 0.494 e. The summed E-state index contributed by atoms with van der Waals surface area (Å²) in [7, 11) is -1.23. The van der Waals surface area contributed by atoms with E-state index in [4.69, 9.17) is 10.5 Å². The molecule has 0 aromatic heterocycles. The summed E-state index contributed by atoms with van der Waals surface area (Å²) in [6.45, 7) is 0.483. The Bertz CT molecular complexity index is 590. The summed E-state index contributed by atoms with van der Waals surface area (Å²) in [4.78, 5) is 0.478. The van der Waals surface area contributed by atoms with Crippen molar-refractivity contribution in [3.8, 4) is 5.75 Å². The van der Waals surface area contributed by atoms with Crippen LogP contribution in [-0.2, 0) is 10.8 Å². The van der Waals surface area contributed by atoms with Gasteiger partial charge in [0.1, 0.15) is 11.6 Å². The fourth-order valence-corrected chi connectivity index (χ4v) is 2.87. The van der Waals surface area contributed by atoms with Crippen molar-refractivity contribution in [2.75, 3.05) is 18.1 Å². The quantitative estimate of drug-likeness (QED) is 0.658. The lowest BCUT2D eigenvalue weighted by molar-refractivity contribution is 0.318. The number of benzene rings is 2. The van der Waals surface area contributed by atoms with Crippen molar-refractivity contribution in [2.45, 2.75) is 11.3 Å². The Hall–Kier alpha value is -1.88. The molecule has 0 radical (unpaired) electrons. The topological polar surface area (TPSA) is 52.3 Å². The van der Waals surface area contributed by atoms with Gasteiger partial charge in [-0.15, -0.1) is 0 Å². The molecule has 2 aromatic carbocycles. The third-order valence-corrected chi connectivity index (χ3v) is 4.22. The number of hydrogen-bond donors (Lipinski definition) is 1. The van der Waals surface area contributed by atoms with E-state index in [-0.39, 0.29) is 5.69 Å². The van der Waals surface area contributed by atoms with E-state index < -0.39 is 16.6 Å². The molecule has 0 aliphatic heterocycles. The van der Waals surface area contributed by atoms with Gasteiger partial charge in [0.2, 0.25) is 0 Å². The third kappa shape index (κ3) is 4.06. The van der Waals surface area contributed by atoms with Crippen molar-refractivity contribution in [2.24, 2.45) is 0 Å². The van der Waals surface area contributed by atoms with Crippen molar-refractivity contribution < 1.29 is 13.3 Å². The molecule has 1 atom stereocenters. The van der Waals surface area contributed by atoms with E-state index in [0.717, 1.165) is 5.75 Å². The molecule has 0 fully saturated rings. The second-order valence-corrected chi connectivity index (χ2v) is 5.79. The lowest BCUT2D eigenvalue weighted by Crippen LogP contribution is -2.06. The molecule has 20 heavy (non-hydrogen) atoms. The van der Waals surface area contributed by atoms with E-state index >= 15 is 0 Å². The van der Waals surface area contributed by atoms with Crippen LogP contribution in [0.5, 0.6) is 5.75 Å². The molecule has 0 heterocycles. The van der Waals surface area contributed by atoms with Gasteiger partial charge in [-0.25, -0.2) is 4.39 Å². The zero-order valence-corrected chi connectivity index (χ0v) is 11.7. The Balaban J connectivity index is 1.80. The second-order valence-electron chi connectivity index (χ2n) is 4.25. The van der Waals surface area contributed by atoms with Crippen LogP contribution in [0.2, 0.25) is 0 Å². The van der Waals surface area contributed by atoms with Gasteiger partial charge in [0.15, 0.2) is 0 Å². The highest BCUT2D eigenvalue weighted by Crippen LogP contribution is 2.18. The fourth-order valence-electron chi connectivity index (χ4n) is 1.73. The first-order valence-corrected chi connectivity index (χ1v) is 7.60. The second kappa shape index (κ2) is 7.05. The third-order valence-electron chi connectivity index (χ3n) is 2.70. The van der Waals surface area contributed by atoms with Crippen molar-refractivity contribution in [1.29, 1.82) is 0 Å². The average molecular weight is 293 g/mol. The van der Waals surface area contributed by atoms with Crippen molar-refractivity contribution in [1.82, 2.24) is 0 Å². The van der Waals surface area contributed by atoms with E-state index in [1.54, 1.807) is 0 Å². The molecule has 0 saturated carbocycles. The van der Waals surface area contributed by atoms with Crippen molar-refractivity contribution in [3.63, 3.8) is 0 Å². The minimum absolute atomic E-state index is 0.229. The standard InChI is InChI=1S/C15H16FNO2S/c16-12-7-8-15(14(17)11-12)20(18)10-4-9-19-13-5-2-1-3-6-13/h1-3,5-8,11H,4,9-10,17H2. The van der Waals surface area contributed by atoms with E-state index in [2.05, 4.69) is 0 Å². The van der Waals surface area contributed by atoms with E-state index in [1.807, 2.05) is 30.3 Å². The van der Waals surface area contributed by atoms with Gasteiger partial charge in [0.05, 0.1) is 28.0 Å². The lowest BCUT2D eigenvalue weighted by atomic mass is 10.3. The van der Waals surface area contributed by atoms with E-state index in [0.29, 0.717) is 23.7 Å². The van der Waals surface area contributed by atoms with Gasteiger partial charge in [-0.1, -0.05) is 18.2 Å². The Kier molecular flexibility index (Phi) is 5.12. The van der Waals surface area contributed by atoms with Gasteiger partial charge in [0, 0.05) is 5.75 Å². The van der Waals surface area contributed by atoms with Crippen LogP contribution in [0.15, 0.2) is 53.4 Å². The monoisotopic (exact) mass is 293 g/mol. The SMILES string of the molecule is Nc1cc(F)ccc1S(=O)CCCOc1ccccc1. The molecule has 2 N–H and O–H groups in total. The van der Waals surface area contributed by atoms with Gasteiger partial charge < -0.3 is 10.5 Å². The molecule has 3 nitrogen and oxygen atoms in total. The maximum atomic E-state index is 12.9. The number of ether oxygens (including phenoxy) is 1. The number of nitrogen functional groups attached to an aromatic ring is 1. The number of nitrogens with two attached hydrogens (primary N) is 1. The summed E-state index contributed by atoms with van der Waals surface area (Å²) in [6, 6.07) is 13.4. The first-order chi connectivity index (χ1) is 9.66. The maximum absolute atomic E-state index is 12.9. The van der Waals surface area contributed by atoms with Crippen LogP contribution >= 0.6 is 0 Å². The number of anilines is 1. The summed E-state index contributed by atoms with van der Waals surface area (Å²) >= 11 is 0. The number of hydrogen-bond acceptors (Lipinski definition) is 3. The predicted octanol–water partition coefficient (Wildman–Crippen LogP) is 2.98. The highest BCUT2D eigenvalue weighted by molar-refractivity contribution is 7.85. The minimum atomic E-state index is -1.23. The highest BCUT2D eigenvalue weighted by atomic mass is 32.2. The first kappa shape index (κ1) is 14.5. The normalized spacial score (nSPS) is 12.1. The lowest BCUT2D eigenvalue weighted by Gasteiger charge is -2.07. The number of rotatable bonds is 6. The smallest absolute Gasteiger partial charge is 0.125 e. The Morgan fingerprint density at radius 2 is 1.90 bits per heavy atom. The van der Waals surface area contributed by atoms with Crippen molar-refractivity contribution in [3.05, 3.63) is 54.3 Å². The molecular formula is C15H16FNO2S. The van der Waals surface area contributed by atoms with Crippen LogP contribution in [0.25, 0.3) is 0 Å². The van der Waals surface area contributed by atoms with Gasteiger partial charge >= 0.3 is 0 Å².